The quantitative estimate of drug-likeness (QED) is 0.554. The molecule has 0 heterocycles. The molecule has 3 aliphatic rings. The van der Waals surface area contributed by atoms with E-state index in [1.807, 2.05) is 0 Å². The summed E-state index contributed by atoms with van der Waals surface area (Å²) in [6.45, 7) is 0. The molecule has 3 unspecified atom stereocenters. The van der Waals surface area contributed by atoms with Crippen molar-refractivity contribution in [2.24, 2.45) is 11.8 Å². The van der Waals surface area contributed by atoms with Crippen LogP contribution in [0.4, 0.5) is 0 Å². The van der Waals surface area contributed by atoms with Crippen molar-refractivity contribution in [3.05, 3.63) is 52.5 Å². The molecule has 2 bridgehead atoms. The van der Waals surface area contributed by atoms with Crippen molar-refractivity contribution in [1.82, 2.24) is 0 Å². The maximum atomic E-state index is 3.82. The first-order chi connectivity index (χ1) is 8.18. The predicted molar refractivity (Wildman–Crippen MR) is 83.8 cm³/mol. The van der Waals surface area contributed by atoms with Crippen molar-refractivity contribution >= 4 is 53.4 Å². The van der Waals surface area contributed by atoms with Gasteiger partial charge in [-0.15, -0.1) is 0 Å². The number of alkyl halides is 2. The lowest BCUT2D eigenvalue weighted by Gasteiger charge is -2.45. The molecule has 3 aliphatic carbocycles. The molecule has 88 valence electrons. The molecule has 0 nitrogen and oxygen atoms in total. The van der Waals surface area contributed by atoms with Gasteiger partial charge in [-0.1, -0.05) is 84.2 Å². The SMILES string of the molecule is BrC1=CC2C(Br)C(C(c3ccccc3)=C1)[C@@H]2Br. The van der Waals surface area contributed by atoms with E-state index in [2.05, 4.69) is 90.3 Å². The van der Waals surface area contributed by atoms with Crippen molar-refractivity contribution in [1.29, 1.82) is 0 Å². The molecule has 0 aliphatic heterocycles. The Kier molecular flexibility index (Phi) is 3.35. The summed E-state index contributed by atoms with van der Waals surface area (Å²) in [6, 6.07) is 10.6. The molecular formula is C14H11Br3. The molecule has 1 aromatic rings. The number of allylic oxidation sites excluding steroid dienone is 4. The van der Waals surface area contributed by atoms with E-state index in [0.29, 0.717) is 21.5 Å². The molecule has 1 fully saturated rings. The van der Waals surface area contributed by atoms with E-state index in [1.165, 1.54) is 15.6 Å². The third kappa shape index (κ3) is 2.00. The van der Waals surface area contributed by atoms with Crippen molar-refractivity contribution in [2.45, 2.75) is 9.65 Å². The third-order valence-electron chi connectivity index (χ3n) is 3.53. The first-order valence-corrected chi connectivity index (χ1v) is 8.23. The molecular weight excluding hydrogens is 408 g/mol. The van der Waals surface area contributed by atoms with E-state index >= 15 is 0 Å². The first kappa shape index (κ1) is 12.2. The molecule has 1 saturated carbocycles. The maximum absolute atomic E-state index is 3.82. The topological polar surface area (TPSA) is 0 Å². The zero-order valence-electron chi connectivity index (χ0n) is 8.98. The molecule has 4 atom stereocenters. The highest BCUT2D eigenvalue weighted by Crippen LogP contribution is 2.54. The van der Waals surface area contributed by atoms with Crippen LogP contribution in [0.5, 0.6) is 0 Å². The van der Waals surface area contributed by atoms with Crippen LogP contribution < -0.4 is 0 Å². The predicted octanol–water partition coefficient (Wildman–Crippen LogP) is 5.14. The Morgan fingerprint density at radius 2 is 1.59 bits per heavy atom. The van der Waals surface area contributed by atoms with Crippen LogP contribution in [0.3, 0.4) is 0 Å². The molecule has 1 aromatic carbocycles. The Balaban J connectivity index is 2.07. The highest BCUT2D eigenvalue weighted by molar-refractivity contribution is 9.12. The van der Waals surface area contributed by atoms with E-state index in [9.17, 15) is 0 Å². The Hall–Kier alpha value is 0.140. The molecule has 4 rings (SSSR count). The minimum Gasteiger partial charge on any atom is -0.0877 e. The van der Waals surface area contributed by atoms with Gasteiger partial charge in [-0.05, 0) is 17.2 Å². The van der Waals surface area contributed by atoms with Crippen LogP contribution in [0.1, 0.15) is 5.56 Å². The highest BCUT2D eigenvalue weighted by atomic mass is 79.9. The summed E-state index contributed by atoms with van der Waals surface area (Å²) in [5, 5.41) is 0. The van der Waals surface area contributed by atoms with Gasteiger partial charge in [0.05, 0.1) is 0 Å². The molecule has 0 amide bonds. The van der Waals surface area contributed by atoms with Crippen LogP contribution in [0.2, 0.25) is 0 Å². The fourth-order valence-electron chi connectivity index (χ4n) is 2.59. The fraction of sp³-hybridized carbons (Fsp3) is 0.286. The van der Waals surface area contributed by atoms with Gasteiger partial charge in [0.25, 0.3) is 0 Å². The van der Waals surface area contributed by atoms with Gasteiger partial charge in [0.2, 0.25) is 0 Å². The molecule has 0 spiro atoms. The average molecular weight is 419 g/mol. The van der Waals surface area contributed by atoms with Crippen LogP contribution in [0.25, 0.3) is 5.57 Å². The van der Waals surface area contributed by atoms with Crippen molar-refractivity contribution in [3.8, 4) is 0 Å². The van der Waals surface area contributed by atoms with Crippen LogP contribution in [-0.2, 0) is 0 Å². The number of rotatable bonds is 1. The Labute approximate surface area is 127 Å². The Morgan fingerprint density at radius 1 is 0.941 bits per heavy atom. The summed E-state index contributed by atoms with van der Waals surface area (Å²) in [4.78, 5) is 1.07. The maximum Gasteiger partial charge on any atom is 0.0299 e. The largest absolute Gasteiger partial charge is 0.0877 e. The van der Waals surface area contributed by atoms with Gasteiger partial charge in [-0.2, -0.15) is 0 Å². The normalized spacial score (nSPS) is 35.5. The second-order valence-corrected chi connectivity index (χ2v) is 7.54. The number of fused-ring (bicyclic) bond motifs is 1. The summed E-state index contributed by atoms with van der Waals surface area (Å²) in [6.07, 6.45) is 4.56. The van der Waals surface area contributed by atoms with Gasteiger partial charge in [0, 0.05) is 26.0 Å². The van der Waals surface area contributed by atoms with E-state index in [-0.39, 0.29) is 0 Å². The summed E-state index contributed by atoms with van der Waals surface area (Å²) in [5.74, 6) is 1.13. The van der Waals surface area contributed by atoms with Gasteiger partial charge in [0.15, 0.2) is 0 Å². The number of hydrogen-bond acceptors (Lipinski definition) is 0. The van der Waals surface area contributed by atoms with E-state index in [1.54, 1.807) is 0 Å². The van der Waals surface area contributed by atoms with E-state index in [0.717, 1.165) is 0 Å². The smallest absolute Gasteiger partial charge is 0.0299 e. The molecule has 0 saturated heterocycles. The van der Waals surface area contributed by atoms with Crippen LogP contribution in [0, 0.1) is 11.8 Å². The lowest BCUT2D eigenvalue weighted by Crippen LogP contribution is -2.47. The molecule has 3 heteroatoms. The van der Waals surface area contributed by atoms with E-state index < -0.39 is 0 Å². The van der Waals surface area contributed by atoms with Gasteiger partial charge >= 0.3 is 0 Å². The second-order valence-electron chi connectivity index (χ2n) is 4.51. The summed E-state index contributed by atoms with van der Waals surface area (Å²) < 4.78 is 1.19. The Bertz CT molecular complexity index is 479. The average Bonchev–Trinajstić information content (AvgIpc) is 2.57. The summed E-state index contributed by atoms with van der Waals surface area (Å²) >= 11 is 11.3. The minimum atomic E-state index is 0.536. The fourth-order valence-corrected chi connectivity index (χ4v) is 6.16. The minimum absolute atomic E-state index is 0.536. The van der Waals surface area contributed by atoms with Gasteiger partial charge in [-0.3, -0.25) is 0 Å². The zero-order chi connectivity index (χ0) is 12.0. The van der Waals surface area contributed by atoms with Gasteiger partial charge in [0.1, 0.15) is 0 Å². The van der Waals surface area contributed by atoms with Gasteiger partial charge in [-0.25, -0.2) is 0 Å². The zero-order valence-corrected chi connectivity index (χ0v) is 13.7. The van der Waals surface area contributed by atoms with Crippen LogP contribution in [-0.4, -0.2) is 9.65 Å². The van der Waals surface area contributed by atoms with Crippen LogP contribution in [0.15, 0.2) is 47.0 Å². The number of hydrogen-bond donors (Lipinski definition) is 0. The molecule has 0 aromatic heterocycles. The van der Waals surface area contributed by atoms with E-state index in [4.69, 9.17) is 0 Å². The third-order valence-corrected chi connectivity index (χ3v) is 6.39. The van der Waals surface area contributed by atoms with Crippen molar-refractivity contribution in [2.75, 3.05) is 0 Å². The molecule has 0 N–H and O–H groups in total. The molecule has 0 radical (unpaired) electrons. The lowest BCUT2D eigenvalue weighted by molar-refractivity contribution is 0.355. The van der Waals surface area contributed by atoms with Gasteiger partial charge < -0.3 is 0 Å². The summed E-state index contributed by atoms with van der Waals surface area (Å²) in [5.41, 5.74) is 2.73. The first-order valence-electron chi connectivity index (χ1n) is 5.61. The van der Waals surface area contributed by atoms with Crippen molar-refractivity contribution < 1.29 is 0 Å². The monoisotopic (exact) mass is 416 g/mol. The second kappa shape index (κ2) is 4.67. The Morgan fingerprint density at radius 3 is 2.24 bits per heavy atom. The number of halogens is 3. The molecule has 17 heavy (non-hydrogen) atoms. The number of benzene rings is 1. The van der Waals surface area contributed by atoms with Crippen molar-refractivity contribution in [3.63, 3.8) is 0 Å². The lowest BCUT2D eigenvalue weighted by atomic mass is 9.70. The summed E-state index contributed by atoms with van der Waals surface area (Å²) in [7, 11) is 0. The van der Waals surface area contributed by atoms with Crippen LogP contribution >= 0.6 is 47.8 Å². The standard InChI is InChI=1S/C14H11Br3/c15-9-6-10(8-4-2-1-3-5-8)12-13(16)11(7-9)14(12)17/h1-7,11-14H/t11?,12?,13-,14?/m1/s1. The highest BCUT2D eigenvalue weighted by Gasteiger charge is 2.49.